The van der Waals surface area contributed by atoms with E-state index in [2.05, 4.69) is 34.7 Å². The molecule has 0 spiro atoms. The minimum Gasteiger partial charge on any atom is -0.338 e. The van der Waals surface area contributed by atoms with Gasteiger partial charge in [-0.25, -0.2) is 4.98 Å². The van der Waals surface area contributed by atoms with E-state index in [9.17, 15) is 4.79 Å². The molecule has 90 valence electrons. The van der Waals surface area contributed by atoms with Crippen LogP contribution in [0.25, 0.3) is 23.5 Å². The highest BCUT2D eigenvalue weighted by molar-refractivity contribution is 5.69. The number of allylic oxidation sites excluding steroid dienone is 2. The number of fused-ring (bicyclic) bond motifs is 2. The van der Waals surface area contributed by atoms with E-state index in [-0.39, 0.29) is 5.43 Å². The lowest BCUT2D eigenvalue weighted by Crippen LogP contribution is -2.13. The number of hydrogen-bond acceptors (Lipinski definition) is 2. The lowest BCUT2D eigenvalue weighted by atomic mass is 10.1. The summed E-state index contributed by atoms with van der Waals surface area (Å²) in [5.41, 5.74) is 3.85. The molecule has 0 aromatic carbocycles. The summed E-state index contributed by atoms with van der Waals surface area (Å²) in [6.45, 7) is 2.91. The van der Waals surface area contributed by atoms with Crippen LogP contribution in [0, 0.1) is 0 Å². The normalized spacial score (nSPS) is 13.6. The maximum atomic E-state index is 11.5. The largest absolute Gasteiger partial charge is 0.338 e. The van der Waals surface area contributed by atoms with Gasteiger partial charge in [-0.3, -0.25) is 4.79 Å². The summed E-state index contributed by atoms with van der Waals surface area (Å²) in [5.74, 6) is 0. The van der Waals surface area contributed by atoms with E-state index in [1.165, 1.54) is 0 Å². The van der Waals surface area contributed by atoms with Gasteiger partial charge in [-0.05, 0) is 37.6 Å². The Morgan fingerprint density at radius 1 is 1.28 bits per heavy atom. The van der Waals surface area contributed by atoms with Crippen LogP contribution in [0.1, 0.15) is 24.7 Å². The summed E-state index contributed by atoms with van der Waals surface area (Å²) < 4.78 is 2.14. The molecule has 3 nitrogen and oxygen atoms in total. The molecule has 0 unspecified atom stereocenters. The average molecular weight is 238 g/mol. The maximum absolute atomic E-state index is 11.5. The molecular weight excluding hydrogens is 224 g/mol. The van der Waals surface area contributed by atoms with E-state index in [1.54, 1.807) is 18.2 Å². The Balaban J connectivity index is 2.43. The van der Waals surface area contributed by atoms with Crippen molar-refractivity contribution >= 4 is 12.2 Å². The SMILES string of the molecule is CCn1c2cc(=O)ccc-2nc2c1C=CCC=C2. The van der Waals surface area contributed by atoms with Gasteiger partial charge in [0.05, 0.1) is 22.8 Å². The Bertz CT molecular complexity index is 680. The molecule has 0 amide bonds. The van der Waals surface area contributed by atoms with Gasteiger partial charge in [0.25, 0.3) is 0 Å². The highest BCUT2D eigenvalue weighted by Gasteiger charge is 2.14. The first-order chi connectivity index (χ1) is 8.79. The van der Waals surface area contributed by atoms with Crippen molar-refractivity contribution in [3.05, 3.63) is 52.0 Å². The molecule has 0 radical (unpaired) electrons. The molecule has 2 aliphatic carbocycles. The fourth-order valence-corrected chi connectivity index (χ4v) is 2.35. The molecule has 0 aromatic rings. The number of nitrogens with zero attached hydrogens (tertiary/aromatic N) is 2. The molecule has 1 aliphatic heterocycles. The molecule has 18 heavy (non-hydrogen) atoms. The van der Waals surface area contributed by atoms with Crippen molar-refractivity contribution in [3.8, 4) is 11.4 Å². The predicted molar refractivity (Wildman–Crippen MR) is 73.5 cm³/mol. The van der Waals surface area contributed by atoms with Crippen LogP contribution in [0.3, 0.4) is 0 Å². The molecular formula is C15H14N2O. The maximum Gasteiger partial charge on any atom is 0.180 e. The molecule has 3 rings (SSSR count). The summed E-state index contributed by atoms with van der Waals surface area (Å²) in [5, 5.41) is 0. The summed E-state index contributed by atoms with van der Waals surface area (Å²) in [7, 11) is 0. The van der Waals surface area contributed by atoms with Crippen molar-refractivity contribution < 1.29 is 0 Å². The Kier molecular flexibility index (Phi) is 2.59. The van der Waals surface area contributed by atoms with Crippen LogP contribution in [0.15, 0.2) is 35.1 Å². The quantitative estimate of drug-likeness (QED) is 0.765. The van der Waals surface area contributed by atoms with Gasteiger partial charge in [0.15, 0.2) is 5.43 Å². The highest BCUT2D eigenvalue weighted by Crippen LogP contribution is 2.25. The second kappa shape index (κ2) is 4.26. The van der Waals surface area contributed by atoms with Crippen molar-refractivity contribution in [1.29, 1.82) is 0 Å². The lowest BCUT2D eigenvalue weighted by Gasteiger charge is -2.18. The molecule has 1 heterocycles. The number of rotatable bonds is 1. The number of aromatic nitrogens is 2. The fraction of sp³-hybridized carbons (Fsp3) is 0.200. The second-order valence-electron chi connectivity index (χ2n) is 4.32. The van der Waals surface area contributed by atoms with Gasteiger partial charge < -0.3 is 4.57 Å². The van der Waals surface area contributed by atoms with Gasteiger partial charge >= 0.3 is 0 Å². The fourth-order valence-electron chi connectivity index (χ4n) is 2.35. The molecule has 0 aromatic heterocycles. The first-order valence-corrected chi connectivity index (χ1v) is 6.17. The molecule has 0 atom stereocenters. The highest BCUT2D eigenvalue weighted by atomic mass is 16.1. The Morgan fingerprint density at radius 3 is 2.94 bits per heavy atom. The zero-order valence-electron chi connectivity index (χ0n) is 10.3. The smallest absolute Gasteiger partial charge is 0.180 e. The molecule has 0 saturated carbocycles. The third kappa shape index (κ3) is 1.68. The molecule has 3 aliphatic rings. The van der Waals surface area contributed by atoms with E-state index >= 15 is 0 Å². The van der Waals surface area contributed by atoms with Crippen LogP contribution < -0.4 is 5.43 Å². The minimum absolute atomic E-state index is 0.0274. The van der Waals surface area contributed by atoms with Crippen molar-refractivity contribution in [3.63, 3.8) is 0 Å². The monoisotopic (exact) mass is 238 g/mol. The van der Waals surface area contributed by atoms with Crippen molar-refractivity contribution in [1.82, 2.24) is 9.55 Å². The van der Waals surface area contributed by atoms with E-state index in [0.717, 1.165) is 35.7 Å². The van der Waals surface area contributed by atoms with Gasteiger partial charge in [-0.15, -0.1) is 0 Å². The van der Waals surface area contributed by atoms with E-state index in [4.69, 9.17) is 0 Å². The molecule has 0 N–H and O–H groups in total. The molecule has 3 heteroatoms. The van der Waals surface area contributed by atoms with Gasteiger partial charge in [0, 0.05) is 12.6 Å². The second-order valence-corrected chi connectivity index (χ2v) is 4.32. The van der Waals surface area contributed by atoms with Crippen LogP contribution in [0.5, 0.6) is 0 Å². The first kappa shape index (κ1) is 11.0. The van der Waals surface area contributed by atoms with Gasteiger partial charge in [-0.2, -0.15) is 0 Å². The summed E-state index contributed by atoms with van der Waals surface area (Å²) >= 11 is 0. The van der Waals surface area contributed by atoms with Crippen LogP contribution in [0.4, 0.5) is 0 Å². The van der Waals surface area contributed by atoms with Gasteiger partial charge in [-0.1, -0.05) is 12.2 Å². The van der Waals surface area contributed by atoms with E-state index in [0.29, 0.717) is 0 Å². The third-order valence-corrected chi connectivity index (χ3v) is 3.17. The van der Waals surface area contributed by atoms with Crippen molar-refractivity contribution in [2.75, 3.05) is 0 Å². The third-order valence-electron chi connectivity index (χ3n) is 3.17. The zero-order valence-corrected chi connectivity index (χ0v) is 10.3. The number of hydrogen-bond donors (Lipinski definition) is 0. The van der Waals surface area contributed by atoms with E-state index < -0.39 is 0 Å². The summed E-state index contributed by atoms with van der Waals surface area (Å²) in [6.07, 6.45) is 9.27. The Labute approximate surface area is 105 Å². The van der Waals surface area contributed by atoms with E-state index in [1.807, 2.05) is 6.08 Å². The Hall–Kier alpha value is -2.16. The topological polar surface area (TPSA) is 34.9 Å². The predicted octanol–water partition coefficient (Wildman–Crippen LogP) is 2.80. The lowest BCUT2D eigenvalue weighted by molar-refractivity contribution is 0.743. The molecule has 0 bridgehead atoms. The van der Waals surface area contributed by atoms with Crippen LogP contribution in [-0.2, 0) is 6.54 Å². The minimum atomic E-state index is 0.0274. The summed E-state index contributed by atoms with van der Waals surface area (Å²) in [4.78, 5) is 16.1. The first-order valence-electron chi connectivity index (χ1n) is 6.17. The average Bonchev–Trinajstić information content (AvgIpc) is 2.61. The molecule has 0 fully saturated rings. The zero-order chi connectivity index (χ0) is 12.5. The summed E-state index contributed by atoms with van der Waals surface area (Å²) in [6, 6.07) is 5.03. The Morgan fingerprint density at radius 2 is 2.11 bits per heavy atom. The van der Waals surface area contributed by atoms with Gasteiger partial charge in [0.2, 0.25) is 0 Å². The van der Waals surface area contributed by atoms with Crippen LogP contribution in [0.2, 0.25) is 0 Å². The van der Waals surface area contributed by atoms with Crippen molar-refractivity contribution in [2.24, 2.45) is 0 Å². The van der Waals surface area contributed by atoms with Crippen LogP contribution in [-0.4, -0.2) is 9.55 Å². The van der Waals surface area contributed by atoms with Crippen LogP contribution >= 0.6 is 0 Å². The number of benzene rings is 1. The van der Waals surface area contributed by atoms with Crippen molar-refractivity contribution in [2.45, 2.75) is 19.9 Å². The molecule has 0 saturated heterocycles. The standard InChI is InChI=1S/C15H14N2O/c1-2-17-14-7-5-3-4-6-12(14)16-13-9-8-11(18)10-15(13)17/h4-10H,2-3H2,1H3. The van der Waals surface area contributed by atoms with Gasteiger partial charge in [0.1, 0.15) is 0 Å².